The molecule has 2 unspecified atom stereocenters. The van der Waals surface area contributed by atoms with Gasteiger partial charge in [0.2, 0.25) is 0 Å². The molecule has 0 saturated heterocycles. The Balaban J connectivity index is 2.59. The van der Waals surface area contributed by atoms with Gasteiger partial charge in [-0.1, -0.05) is 29.8 Å². The molecule has 0 saturated carbocycles. The first-order valence-electron chi connectivity index (χ1n) is 5.41. The van der Waals surface area contributed by atoms with E-state index >= 15 is 0 Å². The molecule has 5 heteroatoms. The molecule has 16 heavy (non-hydrogen) atoms. The first-order chi connectivity index (χ1) is 7.65. The van der Waals surface area contributed by atoms with Crippen LogP contribution in [0.2, 0.25) is 0 Å². The van der Waals surface area contributed by atoms with E-state index in [0.717, 1.165) is 23.1 Å². The zero-order chi connectivity index (χ0) is 11.7. The minimum atomic E-state index is 0.398. The summed E-state index contributed by atoms with van der Waals surface area (Å²) in [6.07, 6.45) is 4.52. The Morgan fingerprint density at radius 1 is 1.44 bits per heavy atom. The number of hydrogen-bond acceptors (Lipinski definition) is 3. The average molecular weight is 283 g/mol. The summed E-state index contributed by atoms with van der Waals surface area (Å²) < 4.78 is 1.78. The fraction of sp³-hybridized carbons (Fsp3) is 0.545. The van der Waals surface area contributed by atoms with Crippen molar-refractivity contribution < 1.29 is 0 Å². The van der Waals surface area contributed by atoms with Crippen LogP contribution >= 0.6 is 15.9 Å². The third-order valence-electron chi connectivity index (χ3n) is 2.91. The van der Waals surface area contributed by atoms with E-state index in [-0.39, 0.29) is 0 Å². The van der Waals surface area contributed by atoms with Crippen molar-refractivity contribution >= 4 is 27.0 Å². The van der Waals surface area contributed by atoms with Crippen LogP contribution in [0.3, 0.4) is 0 Å². The maximum Gasteiger partial charge on any atom is 0.161 e. The summed E-state index contributed by atoms with van der Waals surface area (Å²) in [6, 6.07) is 0. The maximum atomic E-state index is 4.42. The summed E-state index contributed by atoms with van der Waals surface area (Å²) in [6.45, 7) is 4.32. The van der Waals surface area contributed by atoms with Crippen LogP contribution in [0, 0.1) is 0 Å². The van der Waals surface area contributed by atoms with Crippen molar-refractivity contribution in [2.75, 3.05) is 0 Å². The van der Waals surface area contributed by atoms with Crippen LogP contribution in [0.5, 0.6) is 0 Å². The number of nitrogens with zero attached hydrogens (tertiary/aromatic N) is 4. The zero-order valence-corrected chi connectivity index (χ0v) is 11.3. The van der Waals surface area contributed by atoms with Crippen LogP contribution in [0.15, 0.2) is 12.5 Å². The SMILES string of the molecule is CCC(c1ncnc2c1cnn2C)C(C)Br. The van der Waals surface area contributed by atoms with Gasteiger partial charge in [0.05, 0.1) is 17.3 Å². The van der Waals surface area contributed by atoms with Gasteiger partial charge in [-0.2, -0.15) is 5.10 Å². The molecule has 0 aliphatic rings. The molecule has 0 N–H and O–H groups in total. The fourth-order valence-corrected chi connectivity index (χ4v) is 2.64. The van der Waals surface area contributed by atoms with Gasteiger partial charge >= 0.3 is 0 Å². The molecule has 2 rings (SSSR count). The summed E-state index contributed by atoms with van der Waals surface area (Å²) in [5.74, 6) is 0.398. The van der Waals surface area contributed by atoms with Crippen LogP contribution in [-0.2, 0) is 7.05 Å². The van der Waals surface area contributed by atoms with Crippen molar-refractivity contribution in [3.05, 3.63) is 18.2 Å². The first kappa shape index (κ1) is 11.5. The standard InChI is InChI=1S/C11H15BrN4/c1-4-8(7(2)12)10-9-5-15-16(3)11(9)14-6-13-10/h5-8H,4H2,1-3H3. The van der Waals surface area contributed by atoms with Crippen LogP contribution in [0.4, 0.5) is 0 Å². The summed E-state index contributed by atoms with van der Waals surface area (Å²) >= 11 is 3.64. The van der Waals surface area contributed by atoms with Crippen molar-refractivity contribution in [3.63, 3.8) is 0 Å². The molecule has 2 atom stereocenters. The number of aryl methyl sites for hydroxylation is 1. The molecule has 86 valence electrons. The summed E-state index contributed by atoms with van der Waals surface area (Å²) in [4.78, 5) is 9.07. The van der Waals surface area contributed by atoms with Gasteiger partial charge < -0.3 is 0 Å². The van der Waals surface area contributed by atoms with Gasteiger partial charge in [0.25, 0.3) is 0 Å². The number of halogens is 1. The number of rotatable bonds is 3. The third kappa shape index (κ3) is 1.84. The number of hydrogen-bond donors (Lipinski definition) is 0. The van der Waals surface area contributed by atoms with Crippen molar-refractivity contribution in [2.45, 2.75) is 31.0 Å². The van der Waals surface area contributed by atoms with Crippen LogP contribution in [0.25, 0.3) is 11.0 Å². The average Bonchev–Trinajstić information content (AvgIpc) is 2.62. The summed E-state index contributed by atoms with van der Waals surface area (Å²) in [5.41, 5.74) is 1.99. The lowest BCUT2D eigenvalue weighted by molar-refractivity contribution is 0.647. The van der Waals surface area contributed by atoms with Gasteiger partial charge in [-0.3, -0.25) is 4.68 Å². The Labute approximate surface area is 103 Å². The molecule has 4 nitrogen and oxygen atoms in total. The minimum absolute atomic E-state index is 0.398. The molecule has 0 radical (unpaired) electrons. The van der Waals surface area contributed by atoms with E-state index in [4.69, 9.17) is 0 Å². The van der Waals surface area contributed by atoms with Gasteiger partial charge in [-0.15, -0.1) is 0 Å². The number of fused-ring (bicyclic) bond motifs is 1. The maximum absolute atomic E-state index is 4.42. The Kier molecular flexibility index (Phi) is 3.23. The van der Waals surface area contributed by atoms with E-state index in [1.165, 1.54) is 0 Å². The van der Waals surface area contributed by atoms with Crippen molar-refractivity contribution in [1.82, 2.24) is 19.7 Å². The van der Waals surface area contributed by atoms with E-state index in [1.54, 1.807) is 11.0 Å². The molecule has 2 aromatic rings. The minimum Gasteiger partial charge on any atom is -0.250 e. The lowest BCUT2D eigenvalue weighted by Gasteiger charge is -2.17. The molecule has 0 fully saturated rings. The monoisotopic (exact) mass is 282 g/mol. The molecule has 0 aromatic carbocycles. The number of aromatic nitrogens is 4. The lowest BCUT2D eigenvalue weighted by Crippen LogP contribution is -2.10. The van der Waals surface area contributed by atoms with Crippen LogP contribution in [0.1, 0.15) is 31.9 Å². The van der Waals surface area contributed by atoms with Gasteiger partial charge in [0, 0.05) is 17.8 Å². The predicted molar refractivity (Wildman–Crippen MR) is 67.7 cm³/mol. The van der Waals surface area contributed by atoms with Gasteiger partial charge in [0.1, 0.15) is 6.33 Å². The topological polar surface area (TPSA) is 43.6 Å². The second-order valence-electron chi connectivity index (χ2n) is 3.96. The quantitative estimate of drug-likeness (QED) is 0.813. The Morgan fingerprint density at radius 3 is 2.81 bits per heavy atom. The highest BCUT2D eigenvalue weighted by molar-refractivity contribution is 9.09. The van der Waals surface area contributed by atoms with Crippen LogP contribution < -0.4 is 0 Å². The van der Waals surface area contributed by atoms with E-state index < -0.39 is 0 Å². The second kappa shape index (κ2) is 4.49. The van der Waals surface area contributed by atoms with Crippen molar-refractivity contribution in [1.29, 1.82) is 0 Å². The highest BCUT2D eigenvalue weighted by Gasteiger charge is 2.20. The predicted octanol–water partition coefficient (Wildman–Crippen LogP) is 2.64. The molecule has 2 aromatic heterocycles. The van der Waals surface area contributed by atoms with E-state index in [9.17, 15) is 0 Å². The summed E-state index contributed by atoms with van der Waals surface area (Å²) in [7, 11) is 1.90. The first-order valence-corrected chi connectivity index (χ1v) is 6.33. The van der Waals surface area contributed by atoms with Crippen molar-refractivity contribution in [2.24, 2.45) is 7.05 Å². The van der Waals surface area contributed by atoms with Gasteiger partial charge in [0.15, 0.2) is 5.65 Å². The number of alkyl halides is 1. The molecule has 0 spiro atoms. The lowest BCUT2D eigenvalue weighted by atomic mass is 9.97. The van der Waals surface area contributed by atoms with E-state index in [0.29, 0.717) is 10.7 Å². The molecule has 0 bridgehead atoms. The zero-order valence-electron chi connectivity index (χ0n) is 9.68. The largest absolute Gasteiger partial charge is 0.250 e. The Morgan fingerprint density at radius 2 is 2.19 bits per heavy atom. The highest BCUT2D eigenvalue weighted by Crippen LogP contribution is 2.30. The molecular formula is C11H15BrN4. The summed E-state index contributed by atoms with van der Waals surface area (Å²) in [5, 5.41) is 5.29. The molecular weight excluding hydrogens is 268 g/mol. The molecule has 0 aliphatic heterocycles. The third-order valence-corrected chi connectivity index (χ3v) is 3.54. The molecule has 0 amide bonds. The highest BCUT2D eigenvalue weighted by atomic mass is 79.9. The Bertz CT molecular complexity index is 492. The second-order valence-corrected chi connectivity index (χ2v) is 5.40. The van der Waals surface area contributed by atoms with E-state index in [2.05, 4.69) is 44.8 Å². The normalized spacial score (nSPS) is 15.2. The molecule has 0 aliphatic carbocycles. The van der Waals surface area contributed by atoms with Crippen molar-refractivity contribution in [3.8, 4) is 0 Å². The van der Waals surface area contributed by atoms with Gasteiger partial charge in [-0.25, -0.2) is 9.97 Å². The smallest absolute Gasteiger partial charge is 0.161 e. The fourth-order valence-electron chi connectivity index (χ4n) is 2.01. The molecule has 2 heterocycles. The van der Waals surface area contributed by atoms with Crippen LogP contribution in [-0.4, -0.2) is 24.6 Å². The van der Waals surface area contributed by atoms with Gasteiger partial charge in [-0.05, 0) is 6.42 Å². The Hall–Kier alpha value is -0.970. The van der Waals surface area contributed by atoms with E-state index in [1.807, 2.05) is 13.2 Å².